The lowest BCUT2D eigenvalue weighted by atomic mass is 10.2. The average Bonchev–Trinajstić information content (AvgIpc) is 2.27. The highest BCUT2D eigenvalue weighted by Crippen LogP contribution is 2.12. The van der Waals surface area contributed by atoms with Gasteiger partial charge >= 0.3 is 5.97 Å². The molecule has 0 saturated carbocycles. The maximum atomic E-state index is 11.9. The SMILES string of the molecule is NC(=O)C[C@@H](NS(=O)(=O)c1ccc(I)cc1)C(=O)O. The van der Waals surface area contributed by atoms with Gasteiger partial charge in [0.05, 0.1) is 11.3 Å². The number of hydrogen-bond acceptors (Lipinski definition) is 4. The zero-order valence-corrected chi connectivity index (χ0v) is 12.5. The molecule has 9 heteroatoms. The Hall–Kier alpha value is -1.20. The fourth-order valence-corrected chi connectivity index (χ4v) is 2.80. The van der Waals surface area contributed by atoms with Crippen LogP contribution in [-0.4, -0.2) is 31.4 Å². The molecule has 7 nitrogen and oxygen atoms in total. The smallest absolute Gasteiger partial charge is 0.322 e. The molecule has 0 aliphatic heterocycles. The minimum Gasteiger partial charge on any atom is -0.480 e. The van der Waals surface area contributed by atoms with Gasteiger partial charge < -0.3 is 10.8 Å². The number of carboxylic acids is 1. The van der Waals surface area contributed by atoms with Crippen LogP contribution in [0.25, 0.3) is 0 Å². The number of benzene rings is 1. The molecular formula is C10H11IN2O5S. The fourth-order valence-electron chi connectivity index (χ4n) is 1.25. The van der Waals surface area contributed by atoms with E-state index in [4.69, 9.17) is 10.8 Å². The van der Waals surface area contributed by atoms with Crippen molar-refractivity contribution >= 4 is 44.5 Å². The van der Waals surface area contributed by atoms with Gasteiger partial charge in [-0.3, -0.25) is 9.59 Å². The van der Waals surface area contributed by atoms with Crippen molar-refractivity contribution in [3.05, 3.63) is 27.8 Å². The summed E-state index contributed by atoms with van der Waals surface area (Å²) < 4.78 is 26.6. The monoisotopic (exact) mass is 398 g/mol. The van der Waals surface area contributed by atoms with Crippen LogP contribution in [0.15, 0.2) is 29.2 Å². The standard InChI is InChI=1S/C10H11IN2O5S/c11-6-1-3-7(4-2-6)19(17,18)13-8(10(15)16)5-9(12)14/h1-4,8,13H,5H2,(H2,12,14)(H,15,16)/t8-/m1/s1. The molecule has 1 aromatic rings. The molecule has 4 N–H and O–H groups in total. The molecule has 1 amide bonds. The van der Waals surface area contributed by atoms with Gasteiger partial charge in [0, 0.05) is 3.57 Å². The maximum absolute atomic E-state index is 11.9. The van der Waals surface area contributed by atoms with Crippen molar-refractivity contribution in [2.24, 2.45) is 5.73 Å². The number of hydrogen-bond donors (Lipinski definition) is 3. The topological polar surface area (TPSA) is 127 Å². The van der Waals surface area contributed by atoms with E-state index in [0.29, 0.717) is 0 Å². The molecule has 0 radical (unpaired) electrons. The Balaban J connectivity index is 2.97. The summed E-state index contributed by atoms with van der Waals surface area (Å²) in [6, 6.07) is 4.24. The molecular weight excluding hydrogens is 387 g/mol. The van der Waals surface area contributed by atoms with E-state index >= 15 is 0 Å². The van der Waals surface area contributed by atoms with Crippen LogP contribution >= 0.6 is 22.6 Å². The number of aliphatic carboxylic acids is 1. The number of amides is 1. The van der Waals surface area contributed by atoms with Gasteiger partial charge in [-0.25, -0.2) is 8.42 Å². The second-order valence-electron chi connectivity index (χ2n) is 3.64. The number of rotatable bonds is 6. The molecule has 104 valence electrons. The minimum absolute atomic E-state index is 0.0800. The average molecular weight is 398 g/mol. The summed E-state index contributed by atoms with van der Waals surface area (Å²) in [6.45, 7) is 0. The van der Waals surface area contributed by atoms with Crippen LogP contribution in [0.5, 0.6) is 0 Å². The molecule has 0 aliphatic rings. The van der Waals surface area contributed by atoms with E-state index < -0.39 is 34.4 Å². The van der Waals surface area contributed by atoms with Crippen molar-refractivity contribution in [3.8, 4) is 0 Å². The molecule has 0 unspecified atom stereocenters. The van der Waals surface area contributed by atoms with E-state index in [2.05, 4.69) is 0 Å². The van der Waals surface area contributed by atoms with Gasteiger partial charge in [-0.2, -0.15) is 4.72 Å². The molecule has 1 aromatic carbocycles. The van der Waals surface area contributed by atoms with Crippen LogP contribution in [0.3, 0.4) is 0 Å². The van der Waals surface area contributed by atoms with Crippen LogP contribution in [0.1, 0.15) is 6.42 Å². The van der Waals surface area contributed by atoms with Gasteiger partial charge in [-0.15, -0.1) is 0 Å². The molecule has 0 heterocycles. The molecule has 0 saturated heterocycles. The predicted octanol–water partition coefficient (Wildman–Crippen LogP) is -0.102. The minimum atomic E-state index is -4.01. The molecule has 1 rings (SSSR count). The third-order valence-corrected chi connectivity index (χ3v) is 4.33. The lowest BCUT2D eigenvalue weighted by Gasteiger charge is -2.13. The third kappa shape index (κ3) is 4.76. The zero-order valence-electron chi connectivity index (χ0n) is 9.54. The first-order valence-electron chi connectivity index (χ1n) is 5.01. The Morgan fingerprint density at radius 3 is 2.26 bits per heavy atom. The maximum Gasteiger partial charge on any atom is 0.322 e. The van der Waals surface area contributed by atoms with Gasteiger partial charge in [0.1, 0.15) is 6.04 Å². The predicted molar refractivity (Wildman–Crippen MR) is 74.7 cm³/mol. The van der Waals surface area contributed by atoms with Gasteiger partial charge in [-0.1, -0.05) is 0 Å². The summed E-state index contributed by atoms with van der Waals surface area (Å²) in [5.74, 6) is -2.37. The normalized spacial score (nSPS) is 12.9. The number of carbonyl (C=O) groups is 2. The van der Waals surface area contributed by atoms with Crippen molar-refractivity contribution < 1.29 is 23.1 Å². The summed E-state index contributed by atoms with van der Waals surface area (Å²) in [5.41, 5.74) is 4.87. The van der Waals surface area contributed by atoms with Crippen molar-refractivity contribution in [1.29, 1.82) is 0 Å². The summed E-state index contributed by atoms with van der Waals surface area (Å²) in [5, 5.41) is 8.84. The summed E-state index contributed by atoms with van der Waals surface area (Å²) in [7, 11) is -4.01. The van der Waals surface area contributed by atoms with E-state index in [1.54, 1.807) is 12.1 Å². The summed E-state index contributed by atoms with van der Waals surface area (Å²) in [4.78, 5) is 21.5. The number of halogens is 1. The second kappa shape index (κ2) is 6.30. The van der Waals surface area contributed by atoms with Crippen LogP contribution < -0.4 is 10.5 Å². The van der Waals surface area contributed by atoms with E-state index in [9.17, 15) is 18.0 Å². The first-order chi connectivity index (χ1) is 8.72. The molecule has 0 fully saturated rings. The Labute approximate surface area is 123 Å². The Kier molecular flexibility index (Phi) is 5.26. The van der Waals surface area contributed by atoms with Crippen molar-refractivity contribution in [2.75, 3.05) is 0 Å². The first-order valence-corrected chi connectivity index (χ1v) is 7.57. The lowest BCUT2D eigenvalue weighted by molar-refractivity contribution is -0.140. The Morgan fingerprint density at radius 2 is 1.84 bits per heavy atom. The highest BCUT2D eigenvalue weighted by Gasteiger charge is 2.26. The molecule has 0 aliphatic carbocycles. The highest BCUT2D eigenvalue weighted by atomic mass is 127. The molecule has 0 bridgehead atoms. The quantitative estimate of drug-likeness (QED) is 0.577. The van der Waals surface area contributed by atoms with Gasteiger partial charge in [-0.05, 0) is 46.9 Å². The Morgan fingerprint density at radius 1 is 1.32 bits per heavy atom. The van der Waals surface area contributed by atoms with Gasteiger partial charge in [0.2, 0.25) is 15.9 Å². The number of carbonyl (C=O) groups excluding carboxylic acids is 1. The fraction of sp³-hybridized carbons (Fsp3) is 0.200. The molecule has 0 aromatic heterocycles. The number of nitrogens with one attached hydrogen (secondary N) is 1. The Bertz CT molecular complexity index is 584. The van der Waals surface area contributed by atoms with Crippen molar-refractivity contribution in [1.82, 2.24) is 4.72 Å². The number of primary amides is 1. The molecule has 19 heavy (non-hydrogen) atoms. The van der Waals surface area contributed by atoms with E-state index in [0.717, 1.165) is 3.57 Å². The van der Waals surface area contributed by atoms with Gasteiger partial charge in [0.15, 0.2) is 0 Å². The van der Waals surface area contributed by atoms with E-state index in [1.807, 2.05) is 27.3 Å². The zero-order chi connectivity index (χ0) is 14.6. The molecule has 0 spiro atoms. The third-order valence-electron chi connectivity index (χ3n) is 2.12. The molecule has 1 atom stereocenters. The summed E-state index contributed by atoms with van der Waals surface area (Å²) in [6.07, 6.45) is -0.612. The van der Waals surface area contributed by atoms with Crippen LogP contribution in [-0.2, 0) is 19.6 Å². The second-order valence-corrected chi connectivity index (χ2v) is 6.60. The first kappa shape index (κ1) is 15.9. The lowest BCUT2D eigenvalue weighted by Crippen LogP contribution is -2.43. The number of carboxylic acid groups (broad SMARTS) is 1. The van der Waals surface area contributed by atoms with Crippen molar-refractivity contribution in [2.45, 2.75) is 17.4 Å². The van der Waals surface area contributed by atoms with Crippen molar-refractivity contribution in [3.63, 3.8) is 0 Å². The summed E-state index contributed by atoms with van der Waals surface area (Å²) >= 11 is 2.01. The van der Waals surface area contributed by atoms with Crippen LogP contribution in [0.4, 0.5) is 0 Å². The van der Waals surface area contributed by atoms with Crippen LogP contribution in [0.2, 0.25) is 0 Å². The van der Waals surface area contributed by atoms with Gasteiger partial charge in [0.25, 0.3) is 0 Å². The highest BCUT2D eigenvalue weighted by molar-refractivity contribution is 14.1. The van der Waals surface area contributed by atoms with Crippen LogP contribution in [0, 0.1) is 3.57 Å². The number of sulfonamides is 1. The van der Waals surface area contributed by atoms with E-state index in [-0.39, 0.29) is 4.90 Å². The largest absolute Gasteiger partial charge is 0.480 e. The number of nitrogens with two attached hydrogens (primary N) is 1. The van der Waals surface area contributed by atoms with E-state index in [1.165, 1.54) is 12.1 Å².